The van der Waals surface area contributed by atoms with Gasteiger partial charge < -0.3 is 14.2 Å². The molecular weight excluding hydrogens is 757 g/mol. The highest BCUT2D eigenvalue weighted by Crippen LogP contribution is 2.14. The molecule has 0 aliphatic heterocycles. The molecule has 0 aromatic heterocycles. The number of esters is 3. The highest BCUT2D eigenvalue weighted by Gasteiger charge is 2.19. The Morgan fingerprint density at radius 1 is 0.344 bits per heavy atom. The lowest BCUT2D eigenvalue weighted by molar-refractivity contribution is -0.167. The molecule has 0 aliphatic rings. The summed E-state index contributed by atoms with van der Waals surface area (Å²) >= 11 is 0. The molecule has 61 heavy (non-hydrogen) atoms. The molecule has 6 nitrogen and oxygen atoms in total. The van der Waals surface area contributed by atoms with E-state index in [0.29, 0.717) is 25.7 Å². The second kappa shape index (κ2) is 49.0. The Morgan fingerprint density at radius 2 is 0.639 bits per heavy atom. The Kier molecular flexibility index (Phi) is 46.0. The first-order chi connectivity index (χ1) is 30.0. The van der Waals surface area contributed by atoms with Gasteiger partial charge in [0.2, 0.25) is 0 Å². The van der Waals surface area contributed by atoms with E-state index < -0.39 is 6.10 Å². The molecule has 1 atom stereocenters. The van der Waals surface area contributed by atoms with E-state index in [0.717, 1.165) is 96.3 Å². The van der Waals surface area contributed by atoms with Gasteiger partial charge in [0, 0.05) is 19.3 Å². The topological polar surface area (TPSA) is 78.9 Å². The van der Waals surface area contributed by atoms with Crippen LogP contribution in [-0.2, 0) is 28.6 Å². The lowest BCUT2D eigenvalue weighted by Gasteiger charge is -2.18. The monoisotopic (exact) mass is 847 g/mol. The average Bonchev–Trinajstić information content (AvgIpc) is 3.26. The highest BCUT2D eigenvalue weighted by molar-refractivity contribution is 5.71. The Bertz CT molecular complexity index is 1250. The summed E-state index contributed by atoms with van der Waals surface area (Å²) in [6.45, 7) is 6.32. The Labute approximate surface area is 375 Å². The van der Waals surface area contributed by atoms with Crippen molar-refractivity contribution in [2.45, 2.75) is 219 Å². The fourth-order valence-corrected chi connectivity index (χ4v) is 6.42. The third kappa shape index (κ3) is 47.2. The van der Waals surface area contributed by atoms with Gasteiger partial charge in [-0.2, -0.15) is 0 Å². The van der Waals surface area contributed by atoms with E-state index in [1.165, 1.54) is 64.2 Å². The lowest BCUT2D eigenvalue weighted by Crippen LogP contribution is -2.30. The number of ether oxygens (including phenoxy) is 3. The number of carbonyl (C=O) groups excluding carboxylic acids is 3. The van der Waals surface area contributed by atoms with Crippen LogP contribution in [0.25, 0.3) is 0 Å². The number of hydrogen-bond acceptors (Lipinski definition) is 6. The molecule has 0 saturated carbocycles. The van der Waals surface area contributed by atoms with Crippen LogP contribution < -0.4 is 0 Å². The minimum Gasteiger partial charge on any atom is -0.462 e. The van der Waals surface area contributed by atoms with E-state index in [9.17, 15) is 14.4 Å². The molecule has 0 N–H and O–H groups in total. The maximum atomic E-state index is 12.8. The fourth-order valence-electron chi connectivity index (χ4n) is 6.42. The Balaban J connectivity index is 4.53. The van der Waals surface area contributed by atoms with Gasteiger partial charge in [-0.15, -0.1) is 0 Å². The van der Waals surface area contributed by atoms with Gasteiger partial charge in [-0.25, -0.2) is 0 Å². The van der Waals surface area contributed by atoms with E-state index in [4.69, 9.17) is 14.2 Å². The fraction of sp³-hybridized carbons (Fsp3) is 0.655. The normalized spacial score (nSPS) is 12.9. The maximum Gasteiger partial charge on any atom is 0.306 e. The summed E-state index contributed by atoms with van der Waals surface area (Å²) in [4.78, 5) is 37.9. The van der Waals surface area contributed by atoms with Gasteiger partial charge in [0.25, 0.3) is 0 Å². The standard InChI is InChI=1S/C55H90O6/c1-4-7-10-13-16-19-22-25-27-30-33-36-39-42-45-48-54(57)60-51-52(50-59-53(56)47-44-41-38-35-32-29-24-21-18-15-12-9-6-3)61-55(58)49-46-43-40-37-34-31-28-26-23-20-17-14-11-8-5-2/h7-8,10-11,16-17,19-20,25-28,33-34,36-37,52H,4-6,9,12-15,18,21-24,29-32,35,38-51H2,1-3H3/b10-7-,11-8-,19-16-,20-17-,27-25-,28-26-,36-33-,37-34-/t52-/m1/s1. The van der Waals surface area contributed by atoms with Crippen molar-refractivity contribution in [1.29, 1.82) is 0 Å². The van der Waals surface area contributed by atoms with E-state index in [1.54, 1.807) is 0 Å². The SMILES string of the molecule is CC/C=C\C/C=C\C/C=C\C/C=C\CCCCC(=O)OC[C@@H](COC(=O)CCCCCCCCCCCCCCC)OC(=O)CCCC/C=C\C/C=C\C/C=C\C/C=C\CC. The summed E-state index contributed by atoms with van der Waals surface area (Å²) in [6.07, 6.45) is 63.9. The van der Waals surface area contributed by atoms with Gasteiger partial charge in [-0.05, 0) is 96.3 Å². The molecule has 0 radical (unpaired) electrons. The number of unbranched alkanes of at least 4 members (excludes halogenated alkanes) is 16. The van der Waals surface area contributed by atoms with Crippen LogP contribution in [-0.4, -0.2) is 37.2 Å². The summed E-state index contributed by atoms with van der Waals surface area (Å²) in [7, 11) is 0. The first-order valence-electron chi connectivity index (χ1n) is 24.7. The number of hydrogen-bond donors (Lipinski definition) is 0. The van der Waals surface area contributed by atoms with Gasteiger partial charge in [0.1, 0.15) is 13.2 Å². The second-order valence-corrected chi connectivity index (χ2v) is 16.0. The summed E-state index contributed by atoms with van der Waals surface area (Å²) in [5.41, 5.74) is 0. The van der Waals surface area contributed by atoms with Crippen molar-refractivity contribution in [3.05, 3.63) is 97.2 Å². The largest absolute Gasteiger partial charge is 0.462 e. The van der Waals surface area contributed by atoms with Crippen LogP contribution in [0.3, 0.4) is 0 Å². The molecule has 346 valence electrons. The summed E-state index contributed by atoms with van der Waals surface area (Å²) < 4.78 is 16.7. The van der Waals surface area contributed by atoms with E-state index >= 15 is 0 Å². The van der Waals surface area contributed by atoms with Gasteiger partial charge >= 0.3 is 17.9 Å². The zero-order valence-electron chi connectivity index (χ0n) is 39.4. The molecule has 0 bridgehead atoms. The number of carbonyl (C=O) groups is 3. The predicted octanol–water partition coefficient (Wildman–Crippen LogP) is 16.2. The van der Waals surface area contributed by atoms with Crippen LogP contribution in [0.1, 0.15) is 213 Å². The quantitative estimate of drug-likeness (QED) is 0.0263. The van der Waals surface area contributed by atoms with E-state index in [2.05, 4.69) is 118 Å². The van der Waals surface area contributed by atoms with Crippen molar-refractivity contribution >= 4 is 17.9 Å². The van der Waals surface area contributed by atoms with Crippen LogP contribution in [0, 0.1) is 0 Å². The summed E-state index contributed by atoms with van der Waals surface area (Å²) in [5, 5.41) is 0. The highest BCUT2D eigenvalue weighted by atomic mass is 16.6. The number of rotatable bonds is 43. The molecule has 6 heteroatoms. The number of allylic oxidation sites excluding steroid dienone is 16. The summed E-state index contributed by atoms with van der Waals surface area (Å²) in [6, 6.07) is 0. The molecule has 0 fully saturated rings. The van der Waals surface area contributed by atoms with Crippen molar-refractivity contribution < 1.29 is 28.6 Å². The van der Waals surface area contributed by atoms with E-state index in [1.807, 2.05) is 0 Å². The minimum absolute atomic E-state index is 0.107. The first-order valence-corrected chi connectivity index (χ1v) is 24.7. The van der Waals surface area contributed by atoms with Gasteiger partial charge in [-0.1, -0.05) is 195 Å². The van der Waals surface area contributed by atoms with Crippen LogP contribution in [0.4, 0.5) is 0 Å². The smallest absolute Gasteiger partial charge is 0.306 e. The van der Waals surface area contributed by atoms with Crippen molar-refractivity contribution in [3.8, 4) is 0 Å². The van der Waals surface area contributed by atoms with Gasteiger partial charge in [0.15, 0.2) is 6.10 Å². The molecule has 0 amide bonds. The molecule has 0 rings (SSSR count). The summed E-state index contributed by atoms with van der Waals surface area (Å²) in [5.74, 6) is -0.997. The van der Waals surface area contributed by atoms with Crippen molar-refractivity contribution in [1.82, 2.24) is 0 Å². The van der Waals surface area contributed by atoms with Crippen molar-refractivity contribution in [3.63, 3.8) is 0 Å². The van der Waals surface area contributed by atoms with Crippen LogP contribution in [0.2, 0.25) is 0 Å². The third-order valence-corrected chi connectivity index (χ3v) is 10.1. The lowest BCUT2D eigenvalue weighted by atomic mass is 10.0. The Hall–Kier alpha value is -3.67. The predicted molar refractivity (Wildman–Crippen MR) is 260 cm³/mol. The minimum atomic E-state index is -0.814. The second-order valence-electron chi connectivity index (χ2n) is 16.0. The van der Waals surface area contributed by atoms with Crippen LogP contribution in [0.15, 0.2) is 97.2 Å². The van der Waals surface area contributed by atoms with Gasteiger partial charge in [0.05, 0.1) is 0 Å². The molecule has 0 spiro atoms. The van der Waals surface area contributed by atoms with Crippen LogP contribution >= 0.6 is 0 Å². The third-order valence-electron chi connectivity index (χ3n) is 10.1. The molecule has 0 unspecified atom stereocenters. The van der Waals surface area contributed by atoms with E-state index in [-0.39, 0.29) is 37.5 Å². The maximum absolute atomic E-state index is 12.8. The zero-order chi connectivity index (χ0) is 44.4. The molecular formula is C55H90O6. The zero-order valence-corrected chi connectivity index (χ0v) is 39.4. The first kappa shape index (κ1) is 57.3. The molecule has 0 aromatic carbocycles. The Morgan fingerprint density at radius 3 is 1.00 bits per heavy atom. The molecule has 0 aliphatic carbocycles. The van der Waals surface area contributed by atoms with Crippen molar-refractivity contribution in [2.75, 3.05) is 13.2 Å². The van der Waals surface area contributed by atoms with Crippen LogP contribution in [0.5, 0.6) is 0 Å². The molecule has 0 heterocycles. The molecule has 0 saturated heterocycles. The average molecular weight is 847 g/mol. The molecule has 0 aromatic rings. The van der Waals surface area contributed by atoms with Gasteiger partial charge in [-0.3, -0.25) is 14.4 Å². The van der Waals surface area contributed by atoms with Crippen molar-refractivity contribution in [2.24, 2.45) is 0 Å².